The smallest absolute Gasteiger partial charge is 0.374 e. The molecule has 0 saturated heterocycles. The average molecular weight is 301 g/mol. The molecule has 0 spiro atoms. The largest absolute Gasteiger partial charge is 0.463 e. The van der Waals surface area contributed by atoms with E-state index in [2.05, 4.69) is 4.74 Å². The third-order valence-electron chi connectivity index (χ3n) is 2.69. The molecule has 2 aromatic rings. The predicted octanol–water partition coefficient (Wildman–Crippen LogP) is 2.51. The molecule has 0 atom stereocenters. The van der Waals surface area contributed by atoms with Crippen molar-refractivity contribution in [3.63, 3.8) is 0 Å². The molecule has 7 nitrogen and oxygen atoms in total. The number of non-ortho nitro benzene ring substituents is 1. The van der Waals surface area contributed by atoms with Gasteiger partial charge in [0.15, 0.2) is 5.43 Å². The lowest BCUT2D eigenvalue weighted by atomic mass is 10.2. The molecule has 0 bridgehead atoms. The van der Waals surface area contributed by atoms with E-state index in [1.165, 1.54) is 37.5 Å². The van der Waals surface area contributed by atoms with Crippen LogP contribution < -0.4 is 5.43 Å². The fourth-order valence-corrected chi connectivity index (χ4v) is 1.70. The van der Waals surface area contributed by atoms with E-state index >= 15 is 0 Å². The SMILES string of the molecule is COC(=O)c1cc(=O)cc(/C=C/c2cccc([N+](=O)[O-])c2)o1. The van der Waals surface area contributed by atoms with Crippen molar-refractivity contribution < 1.29 is 18.9 Å². The van der Waals surface area contributed by atoms with Crippen molar-refractivity contribution in [2.24, 2.45) is 0 Å². The van der Waals surface area contributed by atoms with Gasteiger partial charge in [-0.3, -0.25) is 14.9 Å². The first-order valence-electron chi connectivity index (χ1n) is 6.15. The zero-order valence-electron chi connectivity index (χ0n) is 11.5. The lowest BCUT2D eigenvalue weighted by molar-refractivity contribution is -0.384. The van der Waals surface area contributed by atoms with Crippen LogP contribution in [0.3, 0.4) is 0 Å². The number of hydrogen-bond donors (Lipinski definition) is 0. The normalized spacial score (nSPS) is 10.6. The first-order chi connectivity index (χ1) is 10.5. The van der Waals surface area contributed by atoms with Crippen LogP contribution in [-0.2, 0) is 4.74 Å². The lowest BCUT2D eigenvalue weighted by Crippen LogP contribution is -2.07. The highest BCUT2D eigenvalue weighted by Gasteiger charge is 2.10. The maximum atomic E-state index is 11.5. The molecule has 0 aliphatic heterocycles. The quantitative estimate of drug-likeness (QED) is 0.488. The van der Waals surface area contributed by atoms with Crippen molar-refractivity contribution in [2.45, 2.75) is 0 Å². The molecule has 0 unspecified atom stereocenters. The van der Waals surface area contributed by atoms with Crippen LogP contribution in [0.25, 0.3) is 12.2 Å². The minimum Gasteiger partial charge on any atom is -0.463 e. The summed E-state index contributed by atoms with van der Waals surface area (Å²) in [7, 11) is 1.17. The van der Waals surface area contributed by atoms with Gasteiger partial charge in [0.05, 0.1) is 12.0 Å². The summed E-state index contributed by atoms with van der Waals surface area (Å²) in [5.74, 6) is -0.837. The monoisotopic (exact) mass is 301 g/mol. The Morgan fingerprint density at radius 2 is 2.05 bits per heavy atom. The van der Waals surface area contributed by atoms with Crippen LogP contribution >= 0.6 is 0 Å². The number of nitrogens with zero attached hydrogens (tertiary/aromatic N) is 1. The van der Waals surface area contributed by atoms with Gasteiger partial charge < -0.3 is 9.15 Å². The Hall–Kier alpha value is -3.22. The Balaban J connectivity index is 2.32. The summed E-state index contributed by atoms with van der Waals surface area (Å²) in [6.45, 7) is 0. The van der Waals surface area contributed by atoms with Gasteiger partial charge in [-0.1, -0.05) is 18.2 Å². The molecular weight excluding hydrogens is 290 g/mol. The number of esters is 1. The molecule has 0 aliphatic rings. The highest BCUT2D eigenvalue weighted by Crippen LogP contribution is 2.15. The van der Waals surface area contributed by atoms with E-state index in [0.29, 0.717) is 5.56 Å². The maximum Gasteiger partial charge on any atom is 0.374 e. The van der Waals surface area contributed by atoms with Crippen LogP contribution in [0.5, 0.6) is 0 Å². The minimum atomic E-state index is -0.761. The molecule has 0 saturated carbocycles. The van der Waals surface area contributed by atoms with E-state index in [4.69, 9.17) is 4.42 Å². The number of rotatable bonds is 4. The van der Waals surface area contributed by atoms with E-state index in [1.54, 1.807) is 12.1 Å². The van der Waals surface area contributed by atoms with E-state index in [-0.39, 0.29) is 17.2 Å². The number of hydrogen-bond acceptors (Lipinski definition) is 6. The van der Waals surface area contributed by atoms with Crippen LogP contribution in [0.15, 0.2) is 45.6 Å². The topological polar surface area (TPSA) is 99.7 Å². The molecular formula is C15H11NO6. The highest BCUT2D eigenvalue weighted by molar-refractivity contribution is 5.86. The maximum absolute atomic E-state index is 11.5. The van der Waals surface area contributed by atoms with Crippen molar-refractivity contribution in [1.82, 2.24) is 0 Å². The number of nitro groups is 1. The van der Waals surface area contributed by atoms with Gasteiger partial charge in [0.2, 0.25) is 5.76 Å². The average Bonchev–Trinajstić information content (AvgIpc) is 2.52. The van der Waals surface area contributed by atoms with E-state index in [9.17, 15) is 19.7 Å². The fourth-order valence-electron chi connectivity index (χ4n) is 1.70. The fraction of sp³-hybridized carbons (Fsp3) is 0.0667. The molecule has 0 amide bonds. The number of carbonyl (C=O) groups excluding carboxylic acids is 1. The second-order valence-electron chi connectivity index (χ2n) is 4.24. The molecule has 0 fully saturated rings. The second-order valence-corrected chi connectivity index (χ2v) is 4.24. The summed E-state index contributed by atoms with van der Waals surface area (Å²) in [6, 6.07) is 8.16. The molecule has 22 heavy (non-hydrogen) atoms. The number of benzene rings is 1. The minimum absolute atomic E-state index is 0.0492. The molecule has 2 rings (SSSR count). The third-order valence-corrected chi connectivity index (χ3v) is 2.69. The van der Waals surface area contributed by atoms with Crippen LogP contribution in [0.1, 0.15) is 21.9 Å². The Morgan fingerprint density at radius 3 is 2.73 bits per heavy atom. The number of methoxy groups -OCH3 is 1. The van der Waals surface area contributed by atoms with Crippen molar-refractivity contribution in [2.75, 3.05) is 7.11 Å². The van der Waals surface area contributed by atoms with Crippen LogP contribution in [0.2, 0.25) is 0 Å². The van der Waals surface area contributed by atoms with Gasteiger partial charge in [-0.05, 0) is 11.6 Å². The van der Waals surface area contributed by atoms with Gasteiger partial charge in [-0.25, -0.2) is 4.79 Å². The summed E-state index contributed by atoms with van der Waals surface area (Å²) in [4.78, 5) is 33.0. The van der Waals surface area contributed by atoms with Crippen molar-refractivity contribution in [3.05, 3.63) is 73.8 Å². The predicted molar refractivity (Wildman–Crippen MR) is 78.3 cm³/mol. The van der Waals surface area contributed by atoms with Crippen molar-refractivity contribution >= 4 is 23.8 Å². The van der Waals surface area contributed by atoms with E-state index in [1.807, 2.05) is 0 Å². The Labute approximate surface area is 124 Å². The lowest BCUT2D eigenvalue weighted by Gasteiger charge is -1.99. The zero-order chi connectivity index (χ0) is 16.1. The molecule has 112 valence electrons. The molecule has 0 N–H and O–H groups in total. The van der Waals surface area contributed by atoms with E-state index in [0.717, 1.165) is 6.07 Å². The molecule has 0 aliphatic carbocycles. The summed E-state index contributed by atoms with van der Waals surface area (Å²) in [5.41, 5.74) is 0.0950. The second kappa shape index (κ2) is 6.49. The van der Waals surface area contributed by atoms with Gasteiger partial charge in [-0.2, -0.15) is 0 Å². The first-order valence-corrected chi connectivity index (χ1v) is 6.15. The van der Waals surface area contributed by atoms with Crippen LogP contribution in [-0.4, -0.2) is 18.0 Å². The Morgan fingerprint density at radius 1 is 1.27 bits per heavy atom. The zero-order valence-corrected chi connectivity index (χ0v) is 11.5. The summed E-state index contributed by atoms with van der Waals surface area (Å²) in [5, 5.41) is 10.7. The summed E-state index contributed by atoms with van der Waals surface area (Å²) < 4.78 is 9.70. The Bertz CT molecular complexity index is 806. The number of nitro benzene ring substituents is 1. The summed E-state index contributed by atoms with van der Waals surface area (Å²) in [6.07, 6.45) is 2.97. The molecule has 1 heterocycles. The highest BCUT2D eigenvalue weighted by atomic mass is 16.6. The molecule has 7 heteroatoms. The van der Waals surface area contributed by atoms with Crippen LogP contribution in [0.4, 0.5) is 5.69 Å². The van der Waals surface area contributed by atoms with Gasteiger partial charge >= 0.3 is 5.97 Å². The van der Waals surface area contributed by atoms with Gasteiger partial charge in [-0.15, -0.1) is 0 Å². The standard InChI is InChI=1S/C15H11NO6/c1-21-15(18)14-9-12(17)8-13(22-14)6-5-10-3-2-4-11(7-10)16(19)20/h2-9H,1H3/b6-5+. The summed E-state index contributed by atoms with van der Waals surface area (Å²) >= 11 is 0. The number of carbonyl (C=O) groups is 1. The van der Waals surface area contributed by atoms with Gasteiger partial charge in [0.25, 0.3) is 5.69 Å². The number of ether oxygens (including phenoxy) is 1. The van der Waals surface area contributed by atoms with Gasteiger partial charge in [0, 0.05) is 24.3 Å². The van der Waals surface area contributed by atoms with Crippen molar-refractivity contribution in [1.29, 1.82) is 0 Å². The van der Waals surface area contributed by atoms with Gasteiger partial charge in [0.1, 0.15) is 5.76 Å². The Kier molecular flexibility index (Phi) is 4.47. The molecule has 1 aromatic heterocycles. The first kappa shape index (κ1) is 15.2. The molecule has 0 radical (unpaired) electrons. The van der Waals surface area contributed by atoms with E-state index < -0.39 is 16.3 Å². The van der Waals surface area contributed by atoms with Crippen molar-refractivity contribution in [3.8, 4) is 0 Å². The van der Waals surface area contributed by atoms with Crippen LogP contribution in [0, 0.1) is 10.1 Å². The molecule has 1 aromatic carbocycles. The third kappa shape index (κ3) is 3.66.